The zero-order valence-corrected chi connectivity index (χ0v) is 10.8. The van der Waals surface area contributed by atoms with Crippen LogP contribution in [0.5, 0.6) is 0 Å². The van der Waals surface area contributed by atoms with Crippen LogP contribution in [0.3, 0.4) is 0 Å². The molecule has 2 heterocycles. The molecule has 0 saturated carbocycles. The van der Waals surface area contributed by atoms with Crippen LogP contribution in [0.25, 0.3) is 0 Å². The van der Waals surface area contributed by atoms with Crippen LogP contribution >= 0.6 is 0 Å². The van der Waals surface area contributed by atoms with Gasteiger partial charge in [-0.05, 0) is 19.4 Å². The van der Waals surface area contributed by atoms with Crippen molar-refractivity contribution in [3.63, 3.8) is 0 Å². The molecule has 0 aromatic carbocycles. The topological polar surface area (TPSA) is 85.4 Å². The number of aromatic nitrogens is 5. The van der Waals surface area contributed by atoms with Crippen LogP contribution in [0.15, 0.2) is 12.4 Å². The molecule has 0 aliphatic rings. The largest absolute Gasteiger partial charge is 0.338 e. The quantitative estimate of drug-likeness (QED) is 0.710. The maximum atomic E-state index is 5.46. The average molecular weight is 248 g/mol. The van der Waals surface area contributed by atoms with Gasteiger partial charge in [-0.1, -0.05) is 6.42 Å². The van der Waals surface area contributed by atoms with Gasteiger partial charge in [-0.2, -0.15) is 5.10 Å². The maximum Gasteiger partial charge on any atom is 0.150 e. The zero-order chi connectivity index (χ0) is 12.8. The van der Waals surface area contributed by atoms with E-state index in [0.717, 1.165) is 49.7 Å². The molecule has 0 fully saturated rings. The summed E-state index contributed by atoms with van der Waals surface area (Å²) < 4.78 is 1.99. The van der Waals surface area contributed by atoms with Crippen LogP contribution in [-0.4, -0.2) is 31.3 Å². The normalized spacial score (nSPS) is 11.0. The van der Waals surface area contributed by atoms with E-state index < -0.39 is 0 Å². The van der Waals surface area contributed by atoms with Gasteiger partial charge in [0.05, 0.1) is 6.42 Å². The van der Waals surface area contributed by atoms with Crippen molar-refractivity contribution in [1.82, 2.24) is 24.7 Å². The predicted molar refractivity (Wildman–Crippen MR) is 69.0 cm³/mol. The molecule has 0 aliphatic heterocycles. The number of H-pyrrole nitrogens is 1. The van der Waals surface area contributed by atoms with Gasteiger partial charge in [-0.25, -0.2) is 9.97 Å². The molecule has 0 aliphatic carbocycles. The zero-order valence-electron chi connectivity index (χ0n) is 10.8. The second kappa shape index (κ2) is 6.30. The highest BCUT2D eigenvalue weighted by Gasteiger charge is 2.06. The van der Waals surface area contributed by atoms with E-state index in [0.29, 0.717) is 6.42 Å². The first-order chi connectivity index (χ1) is 8.79. The van der Waals surface area contributed by atoms with Gasteiger partial charge in [0.15, 0.2) is 5.82 Å². The molecule has 0 saturated heterocycles. The lowest BCUT2D eigenvalue weighted by molar-refractivity contribution is 0.670. The number of unbranched alkanes of at least 4 members (excludes halogenated alkanes) is 2. The monoisotopic (exact) mass is 248 g/mol. The van der Waals surface area contributed by atoms with Crippen molar-refractivity contribution >= 4 is 0 Å². The fraction of sp³-hybridized carbons (Fsp3) is 0.583. The third-order valence-electron chi connectivity index (χ3n) is 2.93. The van der Waals surface area contributed by atoms with E-state index in [1.54, 1.807) is 6.20 Å². The molecule has 0 unspecified atom stereocenters. The van der Waals surface area contributed by atoms with Crippen LogP contribution < -0.4 is 5.73 Å². The molecular weight excluding hydrogens is 228 g/mol. The second-order valence-electron chi connectivity index (χ2n) is 4.43. The first-order valence-corrected chi connectivity index (χ1v) is 6.36. The molecule has 2 aromatic heterocycles. The molecule has 2 rings (SSSR count). The molecule has 0 bridgehead atoms. The fourth-order valence-electron chi connectivity index (χ4n) is 1.85. The van der Waals surface area contributed by atoms with Crippen LogP contribution in [0.2, 0.25) is 0 Å². The van der Waals surface area contributed by atoms with Gasteiger partial charge in [0.1, 0.15) is 11.6 Å². The molecule has 0 radical (unpaired) electrons. The van der Waals surface area contributed by atoms with Crippen molar-refractivity contribution in [3.05, 3.63) is 29.9 Å². The first kappa shape index (κ1) is 12.8. The molecule has 6 heteroatoms. The Morgan fingerprint density at radius 2 is 2.22 bits per heavy atom. The first-order valence-electron chi connectivity index (χ1n) is 6.36. The number of nitrogens with zero attached hydrogens (tertiary/aromatic N) is 4. The summed E-state index contributed by atoms with van der Waals surface area (Å²) in [5.41, 5.74) is 5.46. The van der Waals surface area contributed by atoms with Crippen LogP contribution in [0, 0.1) is 0 Å². The van der Waals surface area contributed by atoms with Gasteiger partial charge in [-0.3, -0.25) is 5.10 Å². The Morgan fingerprint density at radius 1 is 1.33 bits per heavy atom. The Bertz CT molecular complexity index is 472. The standard InChI is InChI=1S/C12H20N6/c1-18-8-7-14-12(18)9-11-15-10(16-17-11)5-3-2-4-6-13/h7-8H,2-6,9,13H2,1H3,(H,15,16,17). The molecule has 2 aromatic rings. The number of hydrogen-bond donors (Lipinski definition) is 2. The second-order valence-corrected chi connectivity index (χ2v) is 4.43. The Hall–Kier alpha value is -1.69. The molecular formula is C12H20N6. The minimum Gasteiger partial charge on any atom is -0.338 e. The Morgan fingerprint density at radius 3 is 2.94 bits per heavy atom. The van der Waals surface area contributed by atoms with Gasteiger partial charge in [0, 0.05) is 25.9 Å². The van der Waals surface area contributed by atoms with Gasteiger partial charge < -0.3 is 10.3 Å². The lowest BCUT2D eigenvalue weighted by Gasteiger charge is -1.97. The highest BCUT2D eigenvalue weighted by molar-refractivity contribution is 5.02. The van der Waals surface area contributed by atoms with Gasteiger partial charge in [-0.15, -0.1) is 0 Å². The summed E-state index contributed by atoms with van der Waals surface area (Å²) in [6.45, 7) is 0.762. The predicted octanol–water partition coefficient (Wildman–Crippen LogP) is 0.800. The summed E-state index contributed by atoms with van der Waals surface area (Å²) in [4.78, 5) is 8.74. The van der Waals surface area contributed by atoms with Crippen molar-refractivity contribution in [1.29, 1.82) is 0 Å². The lowest BCUT2D eigenvalue weighted by atomic mass is 10.2. The number of rotatable bonds is 7. The van der Waals surface area contributed by atoms with Crippen molar-refractivity contribution in [3.8, 4) is 0 Å². The van der Waals surface area contributed by atoms with Crippen molar-refractivity contribution < 1.29 is 0 Å². The van der Waals surface area contributed by atoms with Gasteiger partial charge >= 0.3 is 0 Å². The van der Waals surface area contributed by atoms with E-state index in [4.69, 9.17) is 5.73 Å². The Balaban J connectivity index is 1.84. The Kier molecular flexibility index (Phi) is 4.46. The lowest BCUT2D eigenvalue weighted by Crippen LogP contribution is -2.00. The Labute approximate surface area is 107 Å². The van der Waals surface area contributed by atoms with Gasteiger partial charge in [0.25, 0.3) is 0 Å². The van der Waals surface area contributed by atoms with Crippen molar-refractivity contribution in [2.45, 2.75) is 32.1 Å². The van der Waals surface area contributed by atoms with E-state index >= 15 is 0 Å². The van der Waals surface area contributed by atoms with E-state index in [9.17, 15) is 0 Å². The van der Waals surface area contributed by atoms with Crippen LogP contribution in [-0.2, 0) is 19.9 Å². The molecule has 0 spiro atoms. The number of aromatic amines is 1. The SMILES string of the molecule is Cn1ccnc1Cc1nc(CCCCCN)n[nH]1. The summed E-state index contributed by atoms with van der Waals surface area (Å²) in [5.74, 6) is 2.75. The van der Waals surface area contributed by atoms with E-state index in [-0.39, 0.29) is 0 Å². The number of nitrogens with one attached hydrogen (secondary N) is 1. The van der Waals surface area contributed by atoms with Crippen LogP contribution in [0.1, 0.15) is 36.7 Å². The summed E-state index contributed by atoms with van der Waals surface area (Å²) in [7, 11) is 1.98. The molecule has 98 valence electrons. The summed E-state index contributed by atoms with van der Waals surface area (Å²) in [5, 5.41) is 7.19. The smallest absolute Gasteiger partial charge is 0.150 e. The third kappa shape index (κ3) is 3.40. The maximum absolute atomic E-state index is 5.46. The van der Waals surface area contributed by atoms with E-state index in [2.05, 4.69) is 20.2 Å². The minimum absolute atomic E-state index is 0.694. The number of nitrogens with two attached hydrogens (primary N) is 1. The molecule has 3 N–H and O–H groups in total. The molecule has 0 amide bonds. The fourth-order valence-corrected chi connectivity index (χ4v) is 1.85. The average Bonchev–Trinajstić information content (AvgIpc) is 2.96. The number of imidazole rings is 1. The van der Waals surface area contributed by atoms with Gasteiger partial charge in [0.2, 0.25) is 0 Å². The number of hydrogen-bond acceptors (Lipinski definition) is 4. The van der Waals surface area contributed by atoms with Crippen LogP contribution in [0.4, 0.5) is 0 Å². The van der Waals surface area contributed by atoms with Crippen molar-refractivity contribution in [2.24, 2.45) is 12.8 Å². The third-order valence-corrected chi connectivity index (χ3v) is 2.93. The van der Waals surface area contributed by atoms with Crippen molar-refractivity contribution in [2.75, 3.05) is 6.54 Å². The summed E-state index contributed by atoms with van der Waals surface area (Å²) in [6.07, 6.45) is 8.64. The van der Waals surface area contributed by atoms with E-state index in [1.165, 1.54) is 0 Å². The highest BCUT2D eigenvalue weighted by atomic mass is 15.2. The molecule has 0 atom stereocenters. The summed E-state index contributed by atoms with van der Waals surface area (Å²) in [6, 6.07) is 0. The minimum atomic E-state index is 0.694. The molecule has 18 heavy (non-hydrogen) atoms. The summed E-state index contributed by atoms with van der Waals surface area (Å²) >= 11 is 0. The highest BCUT2D eigenvalue weighted by Crippen LogP contribution is 2.05. The molecule has 6 nitrogen and oxygen atoms in total. The number of aryl methyl sites for hydroxylation is 2. The van der Waals surface area contributed by atoms with E-state index in [1.807, 2.05) is 17.8 Å².